The van der Waals surface area contributed by atoms with Gasteiger partial charge < -0.3 is 5.11 Å². The fourth-order valence-corrected chi connectivity index (χ4v) is 1.97. The molecule has 0 saturated heterocycles. The van der Waals surface area contributed by atoms with Crippen LogP contribution >= 0.6 is 0 Å². The lowest BCUT2D eigenvalue weighted by Gasteiger charge is -2.20. The number of hydrogen-bond acceptors (Lipinski definition) is 4. The van der Waals surface area contributed by atoms with Crippen LogP contribution < -0.4 is 5.56 Å². The monoisotopic (exact) mass is 264 g/mol. The van der Waals surface area contributed by atoms with Gasteiger partial charge in [0.25, 0.3) is 5.56 Å². The van der Waals surface area contributed by atoms with Gasteiger partial charge in [-0.15, -0.1) is 0 Å². The van der Waals surface area contributed by atoms with Crippen molar-refractivity contribution in [2.45, 2.75) is 52.3 Å². The lowest BCUT2D eigenvalue weighted by Crippen LogP contribution is -2.33. The highest BCUT2D eigenvalue weighted by atomic mass is 16.3. The molecule has 0 unspecified atom stereocenters. The van der Waals surface area contributed by atoms with Crippen LogP contribution in [0.4, 0.5) is 0 Å². The lowest BCUT2D eigenvalue weighted by molar-refractivity contribution is 0.0603. The summed E-state index contributed by atoms with van der Waals surface area (Å²) in [5, 5.41) is 14.5. The summed E-state index contributed by atoms with van der Waals surface area (Å²) in [6, 6.07) is 0. The Morgan fingerprint density at radius 2 is 1.89 bits per heavy atom. The molecule has 0 amide bonds. The van der Waals surface area contributed by atoms with E-state index in [9.17, 15) is 9.90 Å². The molecular formula is C13H20N4O2. The van der Waals surface area contributed by atoms with E-state index in [1.165, 1.54) is 17.1 Å². The predicted octanol–water partition coefficient (Wildman–Crippen LogP) is 1.12. The van der Waals surface area contributed by atoms with E-state index < -0.39 is 5.60 Å². The Hall–Kier alpha value is -1.69. The molecule has 19 heavy (non-hydrogen) atoms. The fourth-order valence-electron chi connectivity index (χ4n) is 1.97. The Morgan fingerprint density at radius 1 is 1.26 bits per heavy atom. The fraction of sp³-hybridized carbons (Fsp3) is 0.615. The van der Waals surface area contributed by atoms with Crippen LogP contribution in [0.25, 0.3) is 11.0 Å². The highest BCUT2D eigenvalue weighted by molar-refractivity contribution is 5.73. The molecule has 6 nitrogen and oxygen atoms in total. The van der Waals surface area contributed by atoms with Crippen LogP contribution in [0.2, 0.25) is 0 Å². The molecule has 0 fully saturated rings. The normalized spacial score (nSPS) is 13.2. The zero-order valence-corrected chi connectivity index (χ0v) is 12.0. The van der Waals surface area contributed by atoms with Crippen molar-refractivity contribution in [2.75, 3.05) is 0 Å². The topological polar surface area (TPSA) is 72.9 Å². The average molecular weight is 264 g/mol. The first kappa shape index (κ1) is 13.7. The smallest absolute Gasteiger partial charge is 0.264 e. The number of fused-ring (bicyclic) bond motifs is 1. The summed E-state index contributed by atoms with van der Waals surface area (Å²) in [7, 11) is 0. The molecule has 2 rings (SSSR count). The van der Waals surface area contributed by atoms with Gasteiger partial charge in [0.2, 0.25) is 0 Å². The summed E-state index contributed by atoms with van der Waals surface area (Å²) in [6.07, 6.45) is 3.00. The molecule has 0 saturated carbocycles. The van der Waals surface area contributed by atoms with Crippen LogP contribution in [0.5, 0.6) is 0 Å². The van der Waals surface area contributed by atoms with Crippen molar-refractivity contribution >= 4 is 11.0 Å². The van der Waals surface area contributed by atoms with Crippen molar-refractivity contribution in [1.29, 1.82) is 0 Å². The summed E-state index contributed by atoms with van der Waals surface area (Å²) < 4.78 is 3.15. The van der Waals surface area contributed by atoms with E-state index >= 15 is 0 Å². The van der Waals surface area contributed by atoms with E-state index in [1.807, 2.05) is 20.8 Å². The van der Waals surface area contributed by atoms with E-state index in [2.05, 4.69) is 10.1 Å². The SMILES string of the molecule is CC(C)(O)Cn1cnc2c(cnn2C(C)(C)C)c1=O. The summed E-state index contributed by atoms with van der Waals surface area (Å²) in [6.45, 7) is 9.52. The first-order chi connectivity index (χ1) is 8.59. The van der Waals surface area contributed by atoms with Crippen molar-refractivity contribution in [2.24, 2.45) is 0 Å². The third-order valence-electron chi connectivity index (χ3n) is 2.75. The second kappa shape index (κ2) is 4.16. The van der Waals surface area contributed by atoms with Gasteiger partial charge in [0.05, 0.1) is 23.9 Å². The Labute approximate surface area is 111 Å². The molecular weight excluding hydrogens is 244 g/mol. The lowest BCUT2D eigenvalue weighted by atomic mass is 10.1. The Morgan fingerprint density at radius 3 is 2.42 bits per heavy atom. The van der Waals surface area contributed by atoms with Crippen LogP contribution in [0.3, 0.4) is 0 Å². The molecule has 0 aromatic carbocycles. The molecule has 0 spiro atoms. The second-order valence-corrected chi connectivity index (χ2v) is 6.45. The molecule has 2 aromatic rings. The number of nitrogens with zero attached hydrogens (tertiary/aromatic N) is 4. The van der Waals surface area contributed by atoms with Gasteiger partial charge in [-0.1, -0.05) is 0 Å². The standard InChI is InChI=1S/C13H20N4O2/c1-12(2,3)17-10-9(6-15-17)11(18)16(8-14-10)7-13(4,5)19/h6,8,19H,7H2,1-5H3. The molecule has 0 aliphatic carbocycles. The Balaban J connectivity index is 2.59. The Bertz CT molecular complexity index is 656. The molecule has 0 atom stereocenters. The van der Waals surface area contributed by atoms with E-state index in [-0.39, 0.29) is 17.6 Å². The van der Waals surface area contributed by atoms with Gasteiger partial charge in [0.15, 0.2) is 5.65 Å². The summed E-state index contributed by atoms with van der Waals surface area (Å²) in [4.78, 5) is 16.6. The van der Waals surface area contributed by atoms with Crippen molar-refractivity contribution in [3.05, 3.63) is 22.9 Å². The number of hydrogen-bond donors (Lipinski definition) is 1. The predicted molar refractivity (Wildman–Crippen MR) is 73.1 cm³/mol. The van der Waals surface area contributed by atoms with Crippen molar-refractivity contribution in [3.63, 3.8) is 0 Å². The molecule has 2 aromatic heterocycles. The van der Waals surface area contributed by atoms with E-state index in [4.69, 9.17) is 0 Å². The first-order valence-electron chi connectivity index (χ1n) is 6.26. The van der Waals surface area contributed by atoms with Gasteiger partial charge in [-0.3, -0.25) is 9.36 Å². The molecule has 1 N–H and O–H groups in total. The molecule has 104 valence electrons. The maximum Gasteiger partial charge on any atom is 0.264 e. The molecule has 0 radical (unpaired) electrons. The quantitative estimate of drug-likeness (QED) is 0.882. The largest absolute Gasteiger partial charge is 0.389 e. The molecule has 6 heteroatoms. The van der Waals surface area contributed by atoms with Crippen molar-refractivity contribution in [1.82, 2.24) is 19.3 Å². The van der Waals surface area contributed by atoms with Crippen LogP contribution in [0, 0.1) is 0 Å². The van der Waals surface area contributed by atoms with Gasteiger partial charge >= 0.3 is 0 Å². The minimum atomic E-state index is -0.959. The van der Waals surface area contributed by atoms with Gasteiger partial charge in [0, 0.05) is 0 Å². The van der Waals surface area contributed by atoms with Gasteiger partial charge in [-0.25, -0.2) is 9.67 Å². The molecule has 0 bridgehead atoms. The summed E-state index contributed by atoms with van der Waals surface area (Å²) in [5.41, 5.74) is -0.796. The first-order valence-corrected chi connectivity index (χ1v) is 6.26. The number of aliphatic hydroxyl groups is 1. The number of aromatic nitrogens is 4. The van der Waals surface area contributed by atoms with Crippen LogP contribution in [0.1, 0.15) is 34.6 Å². The average Bonchev–Trinajstić information content (AvgIpc) is 2.64. The van der Waals surface area contributed by atoms with Crippen LogP contribution in [0.15, 0.2) is 17.3 Å². The van der Waals surface area contributed by atoms with Gasteiger partial charge in [-0.05, 0) is 34.6 Å². The van der Waals surface area contributed by atoms with Crippen LogP contribution in [-0.4, -0.2) is 30.0 Å². The maximum atomic E-state index is 12.3. The summed E-state index contributed by atoms with van der Waals surface area (Å²) >= 11 is 0. The van der Waals surface area contributed by atoms with Crippen molar-refractivity contribution < 1.29 is 5.11 Å². The minimum absolute atomic E-state index is 0.178. The highest BCUT2D eigenvalue weighted by Gasteiger charge is 2.21. The van der Waals surface area contributed by atoms with E-state index in [0.29, 0.717) is 11.0 Å². The molecule has 0 aliphatic rings. The zero-order valence-electron chi connectivity index (χ0n) is 12.0. The Kier molecular flexibility index (Phi) is 3.01. The second-order valence-electron chi connectivity index (χ2n) is 6.45. The molecule has 2 heterocycles. The highest BCUT2D eigenvalue weighted by Crippen LogP contribution is 2.17. The third kappa shape index (κ3) is 2.68. The minimum Gasteiger partial charge on any atom is -0.389 e. The molecule has 0 aliphatic heterocycles. The van der Waals surface area contributed by atoms with Crippen molar-refractivity contribution in [3.8, 4) is 0 Å². The summed E-state index contributed by atoms with van der Waals surface area (Å²) in [5.74, 6) is 0. The van der Waals surface area contributed by atoms with E-state index in [0.717, 1.165) is 0 Å². The van der Waals surface area contributed by atoms with Gasteiger partial charge in [0.1, 0.15) is 11.7 Å². The van der Waals surface area contributed by atoms with Gasteiger partial charge in [-0.2, -0.15) is 5.10 Å². The third-order valence-corrected chi connectivity index (χ3v) is 2.75. The maximum absolute atomic E-state index is 12.3. The zero-order chi connectivity index (χ0) is 14.4. The van der Waals surface area contributed by atoms with Crippen LogP contribution in [-0.2, 0) is 12.1 Å². The van der Waals surface area contributed by atoms with E-state index in [1.54, 1.807) is 18.5 Å². The number of rotatable bonds is 2.